The molecule has 0 saturated heterocycles. The van der Waals surface area contributed by atoms with Crippen LogP contribution in [0.15, 0.2) is 77.7 Å². The second kappa shape index (κ2) is 9.52. The first-order valence-corrected chi connectivity index (χ1v) is 10.9. The molecule has 9 heteroatoms. The SMILES string of the molecule is COC(=O)c1ccc(S(=O)(=O)N(C)c2ccccc2C(=O)Nc2ccc(OC)cc2)cc1. The number of hydrogen-bond donors (Lipinski definition) is 1. The zero-order valence-electron chi connectivity index (χ0n) is 17.7. The summed E-state index contributed by atoms with van der Waals surface area (Å²) < 4.78 is 37.1. The summed E-state index contributed by atoms with van der Waals surface area (Å²) in [6, 6.07) is 18.5. The number of carbonyl (C=O) groups is 2. The molecule has 3 aromatic carbocycles. The average molecular weight is 455 g/mol. The van der Waals surface area contributed by atoms with E-state index < -0.39 is 21.9 Å². The van der Waals surface area contributed by atoms with Crippen molar-refractivity contribution in [2.75, 3.05) is 30.9 Å². The van der Waals surface area contributed by atoms with Gasteiger partial charge in [0.05, 0.1) is 35.9 Å². The number of hydrogen-bond acceptors (Lipinski definition) is 6. The molecule has 0 radical (unpaired) electrons. The average Bonchev–Trinajstić information content (AvgIpc) is 2.83. The van der Waals surface area contributed by atoms with Crippen LogP contribution in [0.25, 0.3) is 0 Å². The van der Waals surface area contributed by atoms with Gasteiger partial charge in [0.2, 0.25) is 0 Å². The first kappa shape index (κ1) is 22.8. The molecular formula is C23H22N2O6S. The van der Waals surface area contributed by atoms with Gasteiger partial charge < -0.3 is 14.8 Å². The predicted molar refractivity (Wildman–Crippen MR) is 121 cm³/mol. The largest absolute Gasteiger partial charge is 0.497 e. The number of nitrogens with one attached hydrogen (secondary N) is 1. The lowest BCUT2D eigenvalue weighted by molar-refractivity contribution is 0.0600. The number of ether oxygens (including phenoxy) is 2. The van der Waals surface area contributed by atoms with Gasteiger partial charge in [0.15, 0.2) is 0 Å². The highest BCUT2D eigenvalue weighted by molar-refractivity contribution is 7.92. The third-order valence-corrected chi connectivity index (χ3v) is 6.56. The number of anilines is 2. The van der Waals surface area contributed by atoms with E-state index in [4.69, 9.17) is 4.74 Å². The van der Waals surface area contributed by atoms with Crippen molar-refractivity contribution in [1.29, 1.82) is 0 Å². The fraction of sp³-hybridized carbons (Fsp3) is 0.130. The molecule has 0 unspecified atom stereocenters. The molecule has 3 rings (SSSR count). The number of methoxy groups -OCH3 is 2. The van der Waals surface area contributed by atoms with E-state index in [2.05, 4.69) is 10.1 Å². The number of benzene rings is 3. The molecule has 32 heavy (non-hydrogen) atoms. The lowest BCUT2D eigenvalue weighted by Crippen LogP contribution is -2.29. The second-order valence-electron chi connectivity index (χ2n) is 6.69. The van der Waals surface area contributed by atoms with E-state index in [-0.39, 0.29) is 21.7 Å². The van der Waals surface area contributed by atoms with Crippen LogP contribution in [0.5, 0.6) is 5.75 Å². The van der Waals surface area contributed by atoms with E-state index in [0.29, 0.717) is 11.4 Å². The van der Waals surface area contributed by atoms with Crippen LogP contribution >= 0.6 is 0 Å². The normalized spacial score (nSPS) is 10.8. The van der Waals surface area contributed by atoms with Gasteiger partial charge in [-0.1, -0.05) is 12.1 Å². The van der Waals surface area contributed by atoms with E-state index in [0.717, 1.165) is 4.31 Å². The monoisotopic (exact) mass is 454 g/mol. The molecular weight excluding hydrogens is 432 g/mol. The molecule has 0 bridgehead atoms. The Labute approximate surface area is 186 Å². The van der Waals surface area contributed by atoms with Gasteiger partial charge in [0.1, 0.15) is 5.75 Å². The molecule has 3 aromatic rings. The van der Waals surface area contributed by atoms with E-state index in [1.807, 2.05) is 0 Å². The highest BCUT2D eigenvalue weighted by Gasteiger charge is 2.25. The third kappa shape index (κ3) is 4.73. The van der Waals surface area contributed by atoms with Gasteiger partial charge in [0, 0.05) is 12.7 Å². The number of carbonyl (C=O) groups excluding carboxylic acids is 2. The van der Waals surface area contributed by atoms with Gasteiger partial charge >= 0.3 is 5.97 Å². The van der Waals surface area contributed by atoms with Crippen LogP contribution in [0.4, 0.5) is 11.4 Å². The standard InChI is InChI=1S/C23H22N2O6S/c1-25(32(28,29)19-14-8-16(9-15-19)23(27)31-3)21-7-5-4-6-20(21)22(26)24-17-10-12-18(30-2)13-11-17/h4-15H,1-3H3,(H,24,26). The van der Waals surface area contributed by atoms with Gasteiger partial charge in [-0.25, -0.2) is 13.2 Å². The summed E-state index contributed by atoms with van der Waals surface area (Å²) in [5, 5.41) is 2.76. The minimum Gasteiger partial charge on any atom is -0.497 e. The fourth-order valence-corrected chi connectivity index (χ4v) is 4.20. The molecule has 0 aliphatic carbocycles. The van der Waals surface area contributed by atoms with Crippen LogP contribution < -0.4 is 14.4 Å². The Balaban J connectivity index is 1.89. The Bertz CT molecular complexity index is 1220. The van der Waals surface area contributed by atoms with E-state index in [1.165, 1.54) is 38.4 Å². The van der Waals surface area contributed by atoms with Crippen molar-refractivity contribution < 1.29 is 27.5 Å². The highest BCUT2D eigenvalue weighted by atomic mass is 32.2. The van der Waals surface area contributed by atoms with Crippen LogP contribution in [-0.2, 0) is 14.8 Å². The summed E-state index contributed by atoms with van der Waals surface area (Å²) >= 11 is 0. The smallest absolute Gasteiger partial charge is 0.337 e. The number of sulfonamides is 1. The summed E-state index contributed by atoms with van der Waals surface area (Å²) in [7, 11) is 0.159. The van der Waals surface area contributed by atoms with Crippen molar-refractivity contribution in [1.82, 2.24) is 0 Å². The number of rotatable bonds is 7. The van der Waals surface area contributed by atoms with E-state index >= 15 is 0 Å². The second-order valence-corrected chi connectivity index (χ2v) is 8.66. The zero-order valence-corrected chi connectivity index (χ0v) is 18.5. The number of nitrogens with zero attached hydrogens (tertiary/aromatic N) is 1. The Morgan fingerprint density at radius 2 is 1.50 bits per heavy atom. The molecule has 0 saturated carbocycles. The van der Waals surface area contributed by atoms with Crippen LogP contribution in [0.2, 0.25) is 0 Å². The first-order chi connectivity index (χ1) is 15.3. The topological polar surface area (TPSA) is 102 Å². The van der Waals surface area contributed by atoms with E-state index in [9.17, 15) is 18.0 Å². The van der Waals surface area contributed by atoms with Crippen molar-refractivity contribution in [2.45, 2.75) is 4.90 Å². The summed E-state index contributed by atoms with van der Waals surface area (Å²) in [5.74, 6) is -0.385. The lowest BCUT2D eigenvalue weighted by atomic mass is 10.1. The van der Waals surface area contributed by atoms with Gasteiger partial charge in [-0.15, -0.1) is 0 Å². The number of para-hydroxylation sites is 1. The van der Waals surface area contributed by atoms with Crippen molar-refractivity contribution in [3.8, 4) is 5.75 Å². The molecule has 166 valence electrons. The fourth-order valence-electron chi connectivity index (χ4n) is 2.98. The minimum absolute atomic E-state index is 0.0296. The van der Waals surface area contributed by atoms with Gasteiger partial charge in [-0.3, -0.25) is 9.10 Å². The summed E-state index contributed by atoms with van der Waals surface area (Å²) in [5.41, 5.74) is 1.15. The van der Waals surface area contributed by atoms with Gasteiger partial charge in [0.25, 0.3) is 15.9 Å². The molecule has 0 spiro atoms. The predicted octanol–water partition coefficient (Wildman–Crippen LogP) is 3.56. The Morgan fingerprint density at radius 1 is 0.875 bits per heavy atom. The Kier molecular flexibility index (Phi) is 6.79. The molecule has 0 aromatic heterocycles. The summed E-state index contributed by atoms with van der Waals surface area (Å²) in [6.45, 7) is 0. The lowest BCUT2D eigenvalue weighted by Gasteiger charge is -2.22. The Morgan fingerprint density at radius 3 is 2.09 bits per heavy atom. The maximum absolute atomic E-state index is 13.2. The summed E-state index contributed by atoms with van der Waals surface area (Å²) in [4.78, 5) is 24.5. The first-order valence-electron chi connectivity index (χ1n) is 9.49. The van der Waals surface area contributed by atoms with Crippen LogP contribution in [-0.4, -0.2) is 41.6 Å². The molecule has 0 atom stereocenters. The van der Waals surface area contributed by atoms with E-state index in [1.54, 1.807) is 55.6 Å². The summed E-state index contributed by atoms with van der Waals surface area (Å²) in [6.07, 6.45) is 0. The van der Waals surface area contributed by atoms with Crippen molar-refractivity contribution >= 4 is 33.3 Å². The molecule has 8 nitrogen and oxygen atoms in total. The maximum atomic E-state index is 13.2. The molecule has 0 fully saturated rings. The Hall–Kier alpha value is -3.85. The van der Waals surface area contributed by atoms with Crippen molar-refractivity contribution in [2.24, 2.45) is 0 Å². The molecule has 0 aliphatic rings. The van der Waals surface area contributed by atoms with Crippen molar-refractivity contribution in [3.05, 3.63) is 83.9 Å². The molecule has 1 amide bonds. The zero-order chi connectivity index (χ0) is 23.3. The van der Waals surface area contributed by atoms with Crippen LogP contribution in [0.3, 0.4) is 0 Å². The number of esters is 1. The van der Waals surface area contributed by atoms with Gasteiger partial charge in [-0.05, 0) is 60.7 Å². The molecule has 0 aliphatic heterocycles. The maximum Gasteiger partial charge on any atom is 0.337 e. The molecule has 1 N–H and O–H groups in total. The minimum atomic E-state index is -3.99. The number of amides is 1. The van der Waals surface area contributed by atoms with Crippen molar-refractivity contribution in [3.63, 3.8) is 0 Å². The van der Waals surface area contributed by atoms with Crippen LogP contribution in [0, 0.1) is 0 Å². The molecule has 0 heterocycles. The highest BCUT2D eigenvalue weighted by Crippen LogP contribution is 2.27. The van der Waals surface area contributed by atoms with Gasteiger partial charge in [-0.2, -0.15) is 0 Å². The van der Waals surface area contributed by atoms with Crippen LogP contribution in [0.1, 0.15) is 20.7 Å². The third-order valence-electron chi connectivity index (χ3n) is 4.77. The quantitative estimate of drug-likeness (QED) is 0.548.